The number of imidazole rings is 1. The van der Waals surface area contributed by atoms with Crippen LogP contribution in [0.25, 0.3) is 0 Å². The highest BCUT2D eigenvalue weighted by atomic mass is 32.2. The summed E-state index contributed by atoms with van der Waals surface area (Å²) in [4.78, 5) is 15.6. The Hall–Kier alpha value is -0.970. The highest BCUT2D eigenvalue weighted by molar-refractivity contribution is 7.98. The van der Waals surface area contributed by atoms with Gasteiger partial charge in [0.1, 0.15) is 6.33 Å². The molecule has 0 saturated carbocycles. The molecule has 15 heavy (non-hydrogen) atoms. The molecule has 0 aliphatic rings. The first-order valence-electron chi connectivity index (χ1n) is 4.77. The number of thioether (sulfide) groups is 1. The lowest BCUT2D eigenvalue weighted by Gasteiger charge is -2.04. The molecule has 5 heteroatoms. The third kappa shape index (κ3) is 2.99. The summed E-state index contributed by atoms with van der Waals surface area (Å²) in [6.45, 7) is 7.76. The molecule has 4 nitrogen and oxygen atoms in total. The average molecular weight is 227 g/mol. The van der Waals surface area contributed by atoms with Crippen molar-refractivity contribution in [3.63, 3.8) is 0 Å². The minimum absolute atomic E-state index is 0.367. The van der Waals surface area contributed by atoms with E-state index in [-0.39, 0.29) is 6.09 Å². The van der Waals surface area contributed by atoms with Crippen LogP contribution in [0.2, 0.25) is 0 Å². The summed E-state index contributed by atoms with van der Waals surface area (Å²) < 4.78 is 6.32. The molecular weight excluding hydrogens is 212 g/mol. The highest BCUT2D eigenvalue weighted by Crippen LogP contribution is 2.14. The lowest BCUT2D eigenvalue weighted by atomic mass is 10.4. The van der Waals surface area contributed by atoms with E-state index in [0.717, 1.165) is 22.9 Å². The summed E-state index contributed by atoms with van der Waals surface area (Å²) in [6.07, 6.45) is 1.14. The molecule has 1 heterocycles. The minimum Gasteiger partial charge on any atom is -0.449 e. The summed E-state index contributed by atoms with van der Waals surface area (Å²) in [5, 5.41) is 0. The van der Waals surface area contributed by atoms with Gasteiger partial charge in [-0.25, -0.2) is 14.3 Å². The average Bonchev–Trinajstić information content (AvgIpc) is 2.57. The molecule has 0 saturated heterocycles. The van der Waals surface area contributed by atoms with E-state index in [4.69, 9.17) is 4.74 Å². The van der Waals surface area contributed by atoms with Gasteiger partial charge in [0.05, 0.1) is 12.3 Å². The first kappa shape index (κ1) is 12.1. The Kier molecular flexibility index (Phi) is 4.68. The molecule has 0 aliphatic carbocycles. The molecule has 1 rings (SSSR count). The van der Waals surface area contributed by atoms with Gasteiger partial charge in [0.25, 0.3) is 0 Å². The zero-order chi connectivity index (χ0) is 11.3. The summed E-state index contributed by atoms with van der Waals surface area (Å²) in [5.74, 6) is 1.58. The van der Waals surface area contributed by atoms with Crippen LogP contribution in [-0.2, 0) is 10.5 Å². The Bertz CT molecular complexity index is 336. The predicted octanol–water partition coefficient (Wildman–Crippen LogP) is 2.26. The Morgan fingerprint density at radius 2 is 2.47 bits per heavy atom. The van der Waals surface area contributed by atoms with E-state index in [1.54, 1.807) is 18.7 Å². The number of ether oxygens (including phenoxy) is 1. The van der Waals surface area contributed by atoms with Crippen molar-refractivity contribution >= 4 is 17.9 Å². The fourth-order valence-corrected chi connectivity index (χ4v) is 1.76. The zero-order valence-electron chi connectivity index (χ0n) is 9.02. The Balaban J connectivity index is 2.74. The standard InChI is InChI=1S/C10H15N2O2S/c1-4-14-10(13)12-7-11-9(8(12)3)6-15-5-2/h7H,2,4-6H2,1,3H3. The van der Waals surface area contributed by atoms with Crippen molar-refractivity contribution in [2.24, 2.45) is 0 Å². The first-order valence-corrected chi connectivity index (χ1v) is 5.93. The van der Waals surface area contributed by atoms with E-state index in [0.29, 0.717) is 6.61 Å². The van der Waals surface area contributed by atoms with Crippen LogP contribution in [0, 0.1) is 13.8 Å². The Morgan fingerprint density at radius 3 is 3.07 bits per heavy atom. The van der Waals surface area contributed by atoms with Crippen molar-refractivity contribution < 1.29 is 9.53 Å². The van der Waals surface area contributed by atoms with Crippen LogP contribution in [0.4, 0.5) is 4.79 Å². The van der Waals surface area contributed by atoms with Crippen LogP contribution in [0.15, 0.2) is 6.33 Å². The van der Waals surface area contributed by atoms with E-state index in [2.05, 4.69) is 11.9 Å². The van der Waals surface area contributed by atoms with Crippen molar-refractivity contribution in [1.82, 2.24) is 9.55 Å². The van der Waals surface area contributed by atoms with E-state index in [1.807, 2.05) is 6.92 Å². The summed E-state index contributed by atoms with van der Waals surface area (Å²) in [7, 11) is 0. The molecular formula is C10H15N2O2S. The molecule has 0 spiro atoms. The number of hydrogen-bond donors (Lipinski definition) is 0. The van der Waals surface area contributed by atoms with Gasteiger partial charge in [-0.05, 0) is 26.5 Å². The first-order chi connectivity index (χ1) is 7.20. The van der Waals surface area contributed by atoms with Crippen LogP contribution in [0.3, 0.4) is 0 Å². The fraction of sp³-hybridized carbons (Fsp3) is 0.500. The third-order valence-electron chi connectivity index (χ3n) is 1.96. The van der Waals surface area contributed by atoms with Crippen LogP contribution >= 0.6 is 11.8 Å². The van der Waals surface area contributed by atoms with E-state index in [1.165, 1.54) is 10.9 Å². The number of nitrogens with zero attached hydrogens (tertiary/aromatic N) is 2. The van der Waals surface area contributed by atoms with E-state index < -0.39 is 0 Å². The highest BCUT2D eigenvalue weighted by Gasteiger charge is 2.12. The molecule has 0 amide bonds. The van der Waals surface area contributed by atoms with Crippen molar-refractivity contribution in [2.75, 3.05) is 12.4 Å². The molecule has 0 aliphatic heterocycles. The molecule has 0 N–H and O–H groups in total. The largest absolute Gasteiger partial charge is 0.449 e. The van der Waals surface area contributed by atoms with Gasteiger partial charge in [-0.15, -0.1) is 0 Å². The number of carbonyl (C=O) groups excluding carboxylic acids is 1. The molecule has 1 aromatic rings. The molecule has 0 atom stereocenters. The van der Waals surface area contributed by atoms with E-state index in [9.17, 15) is 4.79 Å². The van der Waals surface area contributed by atoms with Crippen molar-refractivity contribution in [1.29, 1.82) is 0 Å². The molecule has 0 fully saturated rings. The maximum atomic E-state index is 11.4. The molecule has 0 bridgehead atoms. The Morgan fingerprint density at radius 1 is 1.73 bits per heavy atom. The van der Waals surface area contributed by atoms with Crippen molar-refractivity contribution in [3.8, 4) is 0 Å². The van der Waals surface area contributed by atoms with Crippen LogP contribution in [0.1, 0.15) is 18.3 Å². The van der Waals surface area contributed by atoms with Crippen LogP contribution in [0.5, 0.6) is 0 Å². The SMILES string of the molecule is [CH2]CSCc1ncn(C(=O)OCC)c1C. The fourth-order valence-electron chi connectivity index (χ4n) is 1.13. The number of hydrogen-bond acceptors (Lipinski definition) is 4. The van der Waals surface area contributed by atoms with Crippen LogP contribution < -0.4 is 0 Å². The summed E-state index contributed by atoms with van der Waals surface area (Å²) in [6, 6.07) is 0. The van der Waals surface area contributed by atoms with Gasteiger partial charge < -0.3 is 4.74 Å². The maximum absolute atomic E-state index is 11.4. The lowest BCUT2D eigenvalue weighted by Crippen LogP contribution is -2.14. The quantitative estimate of drug-likeness (QED) is 0.791. The lowest BCUT2D eigenvalue weighted by molar-refractivity contribution is 0.153. The number of aromatic nitrogens is 2. The normalized spacial score (nSPS) is 10.3. The summed E-state index contributed by atoms with van der Waals surface area (Å²) >= 11 is 1.67. The summed E-state index contributed by atoms with van der Waals surface area (Å²) in [5.41, 5.74) is 1.76. The van der Waals surface area contributed by atoms with Gasteiger partial charge in [0.15, 0.2) is 0 Å². The smallest absolute Gasteiger partial charge is 0.419 e. The number of carbonyl (C=O) groups is 1. The number of rotatable bonds is 4. The molecule has 0 aromatic carbocycles. The van der Waals surface area contributed by atoms with Crippen molar-refractivity contribution in [2.45, 2.75) is 19.6 Å². The second-order valence-corrected chi connectivity index (χ2v) is 4.00. The predicted molar refractivity (Wildman–Crippen MR) is 60.9 cm³/mol. The third-order valence-corrected chi connectivity index (χ3v) is 2.72. The molecule has 83 valence electrons. The molecule has 0 unspecified atom stereocenters. The second kappa shape index (κ2) is 5.80. The van der Waals surface area contributed by atoms with Crippen molar-refractivity contribution in [3.05, 3.63) is 24.6 Å². The Labute approximate surface area is 94.0 Å². The molecule has 1 radical (unpaired) electrons. The van der Waals surface area contributed by atoms with Gasteiger partial charge in [0, 0.05) is 11.4 Å². The van der Waals surface area contributed by atoms with Gasteiger partial charge in [-0.3, -0.25) is 0 Å². The monoisotopic (exact) mass is 227 g/mol. The topological polar surface area (TPSA) is 44.1 Å². The minimum atomic E-state index is -0.367. The van der Waals surface area contributed by atoms with Gasteiger partial charge in [0.2, 0.25) is 0 Å². The second-order valence-electron chi connectivity index (χ2n) is 2.90. The van der Waals surface area contributed by atoms with Crippen LogP contribution in [-0.4, -0.2) is 28.0 Å². The molecule has 1 aromatic heterocycles. The van der Waals surface area contributed by atoms with Gasteiger partial charge in [-0.2, -0.15) is 11.8 Å². The van der Waals surface area contributed by atoms with E-state index >= 15 is 0 Å². The maximum Gasteiger partial charge on any atom is 0.419 e. The van der Waals surface area contributed by atoms with Gasteiger partial charge >= 0.3 is 6.09 Å². The zero-order valence-corrected chi connectivity index (χ0v) is 9.84. The van der Waals surface area contributed by atoms with Gasteiger partial charge in [-0.1, -0.05) is 0 Å².